The molecule has 1 aromatic heterocycles. The number of carbonyl (C=O) groups is 2. The first-order chi connectivity index (χ1) is 8.52. The highest BCUT2D eigenvalue weighted by Gasteiger charge is 2.13. The zero-order valence-corrected chi connectivity index (χ0v) is 9.88. The number of hydrogen-bond acceptors (Lipinski definition) is 3. The first kappa shape index (κ1) is 12.1. The van der Waals surface area contributed by atoms with Crippen LogP contribution in [0.5, 0.6) is 0 Å². The van der Waals surface area contributed by atoms with Crippen molar-refractivity contribution in [2.45, 2.75) is 19.9 Å². The minimum atomic E-state index is -1.00. The highest BCUT2D eigenvalue weighted by molar-refractivity contribution is 5.92. The van der Waals surface area contributed by atoms with Gasteiger partial charge in [0.25, 0.3) is 0 Å². The summed E-state index contributed by atoms with van der Waals surface area (Å²) in [5.41, 5.74) is 6.65. The summed E-state index contributed by atoms with van der Waals surface area (Å²) < 4.78 is 1.71. The molecular weight excluding hydrogens is 234 g/mol. The third-order valence-electron chi connectivity index (χ3n) is 2.70. The van der Waals surface area contributed by atoms with E-state index in [4.69, 9.17) is 10.8 Å². The number of fused-ring (bicyclic) bond motifs is 1. The van der Waals surface area contributed by atoms with Gasteiger partial charge in [-0.15, -0.1) is 0 Å². The lowest BCUT2D eigenvalue weighted by molar-refractivity contribution is -0.118. The zero-order chi connectivity index (χ0) is 13.3. The predicted molar refractivity (Wildman–Crippen MR) is 65.3 cm³/mol. The van der Waals surface area contributed by atoms with E-state index in [0.29, 0.717) is 17.8 Å². The lowest BCUT2D eigenvalue weighted by Gasteiger charge is -2.04. The highest BCUT2D eigenvalue weighted by atomic mass is 16.4. The molecule has 0 bridgehead atoms. The second kappa shape index (κ2) is 4.48. The number of aryl methyl sites for hydroxylation is 1. The molecular formula is C12H13N3O3. The summed E-state index contributed by atoms with van der Waals surface area (Å²) >= 11 is 0. The summed E-state index contributed by atoms with van der Waals surface area (Å²) in [6, 6.07) is 4.63. The van der Waals surface area contributed by atoms with Crippen LogP contribution in [-0.4, -0.2) is 26.5 Å². The van der Waals surface area contributed by atoms with Gasteiger partial charge in [0.1, 0.15) is 12.4 Å². The lowest BCUT2D eigenvalue weighted by Crippen LogP contribution is -2.20. The van der Waals surface area contributed by atoms with Gasteiger partial charge in [-0.05, 0) is 18.2 Å². The fourth-order valence-electron chi connectivity index (χ4n) is 1.91. The second-order valence-corrected chi connectivity index (χ2v) is 3.94. The number of nitrogens with zero attached hydrogens (tertiary/aromatic N) is 2. The van der Waals surface area contributed by atoms with Crippen LogP contribution >= 0.6 is 0 Å². The largest absolute Gasteiger partial charge is 0.478 e. The van der Waals surface area contributed by atoms with Crippen molar-refractivity contribution in [2.24, 2.45) is 5.73 Å². The fourth-order valence-corrected chi connectivity index (χ4v) is 1.91. The summed E-state index contributed by atoms with van der Waals surface area (Å²) in [6.07, 6.45) is 0.643. The maximum Gasteiger partial charge on any atom is 0.335 e. The molecule has 18 heavy (non-hydrogen) atoms. The highest BCUT2D eigenvalue weighted by Crippen LogP contribution is 2.18. The number of benzene rings is 1. The van der Waals surface area contributed by atoms with Crippen molar-refractivity contribution >= 4 is 22.9 Å². The van der Waals surface area contributed by atoms with Gasteiger partial charge >= 0.3 is 5.97 Å². The molecule has 0 atom stereocenters. The molecule has 0 aliphatic carbocycles. The van der Waals surface area contributed by atoms with Crippen LogP contribution in [0, 0.1) is 0 Å². The van der Waals surface area contributed by atoms with Crippen molar-refractivity contribution in [1.29, 1.82) is 0 Å². The summed E-state index contributed by atoms with van der Waals surface area (Å²) in [4.78, 5) is 26.2. The van der Waals surface area contributed by atoms with Gasteiger partial charge in [-0.1, -0.05) is 6.92 Å². The molecule has 0 saturated heterocycles. The number of aromatic carboxylic acids is 1. The van der Waals surface area contributed by atoms with E-state index in [1.165, 1.54) is 12.1 Å². The molecule has 0 unspecified atom stereocenters. The minimum Gasteiger partial charge on any atom is -0.478 e. The van der Waals surface area contributed by atoms with Crippen LogP contribution in [0.1, 0.15) is 23.1 Å². The van der Waals surface area contributed by atoms with Crippen molar-refractivity contribution in [3.63, 3.8) is 0 Å². The number of carboxylic acids is 1. The Hall–Kier alpha value is -2.37. The normalized spacial score (nSPS) is 10.7. The van der Waals surface area contributed by atoms with Crippen LogP contribution in [-0.2, 0) is 17.8 Å². The predicted octanol–water partition coefficient (Wildman–Crippen LogP) is 0.782. The molecule has 0 aliphatic heterocycles. The number of aromatic nitrogens is 2. The molecule has 0 radical (unpaired) electrons. The Kier molecular flexibility index (Phi) is 3.01. The molecule has 6 nitrogen and oxygen atoms in total. The van der Waals surface area contributed by atoms with Crippen molar-refractivity contribution in [3.05, 3.63) is 29.6 Å². The number of amides is 1. The third-order valence-corrected chi connectivity index (χ3v) is 2.70. The monoisotopic (exact) mass is 247 g/mol. The van der Waals surface area contributed by atoms with Crippen LogP contribution in [0.4, 0.5) is 0 Å². The van der Waals surface area contributed by atoms with Gasteiger partial charge in [-0.3, -0.25) is 4.79 Å². The van der Waals surface area contributed by atoms with Crippen LogP contribution in [0.15, 0.2) is 18.2 Å². The molecule has 0 saturated carbocycles. The van der Waals surface area contributed by atoms with Gasteiger partial charge in [0.05, 0.1) is 16.6 Å². The number of primary amides is 1. The van der Waals surface area contributed by atoms with Crippen LogP contribution in [0.3, 0.4) is 0 Å². The van der Waals surface area contributed by atoms with Gasteiger partial charge in [-0.2, -0.15) is 0 Å². The first-order valence-electron chi connectivity index (χ1n) is 5.53. The fraction of sp³-hybridized carbons (Fsp3) is 0.250. The molecule has 0 spiro atoms. The van der Waals surface area contributed by atoms with Gasteiger partial charge in [0.2, 0.25) is 5.91 Å². The maximum absolute atomic E-state index is 11.0. The van der Waals surface area contributed by atoms with Gasteiger partial charge in [0, 0.05) is 6.42 Å². The van der Waals surface area contributed by atoms with Gasteiger partial charge < -0.3 is 15.4 Å². The molecule has 3 N–H and O–H groups in total. The second-order valence-electron chi connectivity index (χ2n) is 3.94. The number of rotatable bonds is 4. The number of imidazole rings is 1. The maximum atomic E-state index is 11.0. The summed E-state index contributed by atoms with van der Waals surface area (Å²) in [5.74, 6) is -0.739. The molecule has 2 aromatic rings. The number of nitrogens with two attached hydrogens (primary N) is 1. The van der Waals surface area contributed by atoms with Gasteiger partial charge in [-0.25, -0.2) is 9.78 Å². The number of hydrogen-bond donors (Lipinski definition) is 2. The number of carbonyl (C=O) groups excluding carboxylic acids is 1. The molecule has 0 fully saturated rings. The summed E-state index contributed by atoms with van der Waals surface area (Å²) in [6.45, 7) is 1.96. The standard InChI is InChI=1S/C12H13N3O3/c1-2-11-14-8-5-7(12(17)18)3-4-9(8)15(11)6-10(13)16/h3-5H,2,6H2,1H3,(H2,13,16)(H,17,18). The van der Waals surface area contributed by atoms with E-state index in [1.807, 2.05) is 6.92 Å². The third kappa shape index (κ3) is 2.04. The molecule has 94 valence electrons. The molecule has 6 heteroatoms. The molecule has 1 heterocycles. The average molecular weight is 247 g/mol. The lowest BCUT2D eigenvalue weighted by atomic mass is 10.2. The Bertz CT molecular complexity index is 631. The smallest absolute Gasteiger partial charge is 0.335 e. The van der Waals surface area contributed by atoms with E-state index < -0.39 is 11.9 Å². The number of carboxylic acid groups (broad SMARTS) is 1. The van der Waals surface area contributed by atoms with Crippen LogP contribution < -0.4 is 5.73 Å². The quantitative estimate of drug-likeness (QED) is 0.834. The molecule has 1 amide bonds. The van der Waals surface area contributed by atoms with Crippen LogP contribution in [0.25, 0.3) is 11.0 Å². The van der Waals surface area contributed by atoms with Crippen molar-refractivity contribution in [1.82, 2.24) is 9.55 Å². The minimum absolute atomic E-state index is 0.0477. The van der Waals surface area contributed by atoms with Crippen molar-refractivity contribution in [2.75, 3.05) is 0 Å². The van der Waals surface area contributed by atoms with Crippen molar-refractivity contribution < 1.29 is 14.7 Å². The average Bonchev–Trinajstić information content (AvgIpc) is 2.65. The summed E-state index contributed by atoms with van der Waals surface area (Å²) in [5, 5.41) is 8.91. The Balaban J connectivity index is 2.62. The Morgan fingerprint density at radius 1 is 1.44 bits per heavy atom. The van der Waals surface area contributed by atoms with Crippen molar-refractivity contribution in [3.8, 4) is 0 Å². The Morgan fingerprint density at radius 2 is 2.17 bits per heavy atom. The topological polar surface area (TPSA) is 98.2 Å². The Labute approximate surface area is 103 Å². The van der Waals surface area contributed by atoms with E-state index >= 15 is 0 Å². The zero-order valence-electron chi connectivity index (χ0n) is 9.88. The van der Waals surface area contributed by atoms with E-state index in [0.717, 1.165) is 5.52 Å². The first-order valence-corrected chi connectivity index (χ1v) is 5.53. The van der Waals surface area contributed by atoms with Crippen LogP contribution in [0.2, 0.25) is 0 Å². The summed E-state index contributed by atoms with van der Waals surface area (Å²) in [7, 11) is 0. The van der Waals surface area contributed by atoms with E-state index in [9.17, 15) is 9.59 Å². The van der Waals surface area contributed by atoms with E-state index in [2.05, 4.69) is 4.98 Å². The van der Waals surface area contributed by atoms with E-state index in [-0.39, 0.29) is 12.1 Å². The molecule has 1 aromatic carbocycles. The Morgan fingerprint density at radius 3 is 2.72 bits per heavy atom. The van der Waals surface area contributed by atoms with E-state index in [1.54, 1.807) is 10.6 Å². The SMILES string of the molecule is CCc1nc2cc(C(=O)O)ccc2n1CC(N)=O. The van der Waals surface area contributed by atoms with Gasteiger partial charge in [0.15, 0.2) is 0 Å². The molecule has 0 aliphatic rings. The molecule has 2 rings (SSSR count).